The molecule has 1 aliphatic rings. The van der Waals surface area contributed by atoms with Crippen molar-refractivity contribution in [3.63, 3.8) is 0 Å². The number of halogens is 2. The second-order valence-electron chi connectivity index (χ2n) is 3.96. The van der Waals surface area contributed by atoms with Crippen LogP contribution in [0.1, 0.15) is 31.2 Å². The van der Waals surface area contributed by atoms with E-state index in [0.717, 1.165) is 31.2 Å². The van der Waals surface area contributed by atoms with Gasteiger partial charge in [-0.05, 0) is 24.5 Å². The van der Waals surface area contributed by atoms with Gasteiger partial charge in [0.05, 0.1) is 5.02 Å². The molecule has 1 fully saturated rings. The first kappa shape index (κ1) is 9.94. The van der Waals surface area contributed by atoms with Gasteiger partial charge >= 0.3 is 0 Å². The Morgan fingerprint density at radius 2 is 1.93 bits per heavy atom. The molecule has 14 heavy (non-hydrogen) atoms. The van der Waals surface area contributed by atoms with Gasteiger partial charge < -0.3 is 5.73 Å². The summed E-state index contributed by atoms with van der Waals surface area (Å²) >= 11 is 5.91. The molecule has 1 aromatic carbocycles. The molecule has 0 atom stereocenters. The van der Waals surface area contributed by atoms with Gasteiger partial charge in [-0.1, -0.05) is 36.6 Å². The Hall–Kier alpha value is -0.600. The van der Waals surface area contributed by atoms with Crippen LogP contribution in [0.3, 0.4) is 0 Å². The van der Waals surface area contributed by atoms with E-state index in [0.29, 0.717) is 0 Å². The Morgan fingerprint density at radius 1 is 1.29 bits per heavy atom. The van der Waals surface area contributed by atoms with Gasteiger partial charge in [0, 0.05) is 5.54 Å². The fraction of sp³-hybridized carbons (Fsp3) is 0.455. The summed E-state index contributed by atoms with van der Waals surface area (Å²) < 4.78 is 13.2. The van der Waals surface area contributed by atoms with Gasteiger partial charge in [-0.3, -0.25) is 0 Å². The van der Waals surface area contributed by atoms with Crippen molar-refractivity contribution in [1.82, 2.24) is 0 Å². The predicted octanol–water partition coefficient (Wildman–Crippen LogP) is 3.21. The molecule has 3 heteroatoms. The van der Waals surface area contributed by atoms with Crippen LogP contribution in [0.4, 0.5) is 4.39 Å². The Bertz CT molecular complexity index is 345. The van der Waals surface area contributed by atoms with E-state index in [4.69, 9.17) is 17.3 Å². The smallest absolute Gasteiger partial charge is 0.142 e. The van der Waals surface area contributed by atoms with Crippen LogP contribution in [0.15, 0.2) is 18.2 Å². The molecule has 0 aromatic heterocycles. The lowest BCUT2D eigenvalue weighted by Crippen LogP contribution is -2.33. The highest BCUT2D eigenvalue weighted by molar-refractivity contribution is 6.31. The van der Waals surface area contributed by atoms with Crippen molar-refractivity contribution < 1.29 is 4.39 Å². The number of benzene rings is 1. The molecule has 2 N–H and O–H groups in total. The largest absolute Gasteiger partial charge is 0.321 e. The van der Waals surface area contributed by atoms with Crippen molar-refractivity contribution in [2.24, 2.45) is 5.73 Å². The van der Waals surface area contributed by atoms with Gasteiger partial charge in [0.25, 0.3) is 0 Å². The molecule has 0 radical (unpaired) electrons. The molecular formula is C11H13ClFN. The summed E-state index contributed by atoms with van der Waals surface area (Å²) in [7, 11) is 0. The fourth-order valence-corrected chi connectivity index (χ4v) is 2.48. The first-order valence-corrected chi connectivity index (χ1v) is 5.25. The lowest BCUT2D eigenvalue weighted by atomic mass is 9.89. The summed E-state index contributed by atoms with van der Waals surface area (Å²) in [5.74, 6) is -0.374. The predicted molar refractivity (Wildman–Crippen MR) is 55.7 cm³/mol. The van der Waals surface area contributed by atoms with E-state index in [1.54, 1.807) is 6.07 Å². The summed E-state index contributed by atoms with van der Waals surface area (Å²) in [6, 6.07) is 4.87. The second kappa shape index (κ2) is 3.52. The molecule has 0 saturated heterocycles. The van der Waals surface area contributed by atoms with Gasteiger partial charge in [-0.15, -0.1) is 0 Å². The second-order valence-corrected chi connectivity index (χ2v) is 4.34. The molecule has 0 unspecified atom stereocenters. The Labute approximate surface area is 88.1 Å². The van der Waals surface area contributed by atoms with Crippen LogP contribution in [0.25, 0.3) is 0 Å². The maximum absolute atomic E-state index is 13.2. The fourth-order valence-electron chi connectivity index (χ4n) is 2.16. The van der Waals surface area contributed by atoms with Gasteiger partial charge in [0.15, 0.2) is 0 Å². The third kappa shape index (κ3) is 1.53. The van der Waals surface area contributed by atoms with Crippen LogP contribution in [0, 0.1) is 5.82 Å². The summed E-state index contributed by atoms with van der Waals surface area (Å²) in [5.41, 5.74) is 6.56. The maximum atomic E-state index is 13.2. The number of hydrogen-bond acceptors (Lipinski definition) is 1. The highest BCUT2D eigenvalue weighted by Crippen LogP contribution is 2.39. The Kier molecular flexibility index (Phi) is 2.50. The highest BCUT2D eigenvalue weighted by atomic mass is 35.5. The van der Waals surface area contributed by atoms with E-state index < -0.39 is 5.54 Å². The van der Waals surface area contributed by atoms with Crippen LogP contribution in [0.2, 0.25) is 5.02 Å². The molecule has 0 bridgehead atoms. The van der Waals surface area contributed by atoms with Crippen LogP contribution in [-0.4, -0.2) is 0 Å². The van der Waals surface area contributed by atoms with E-state index in [9.17, 15) is 4.39 Å². The molecule has 0 aliphatic heterocycles. The van der Waals surface area contributed by atoms with Crippen LogP contribution in [-0.2, 0) is 5.54 Å². The quantitative estimate of drug-likeness (QED) is 0.762. The molecule has 1 aliphatic carbocycles. The van der Waals surface area contributed by atoms with Crippen molar-refractivity contribution >= 4 is 11.6 Å². The lowest BCUT2D eigenvalue weighted by molar-refractivity contribution is 0.458. The maximum Gasteiger partial charge on any atom is 0.142 e. The van der Waals surface area contributed by atoms with Gasteiger partial charge in [0.1, 0.15) is 5.82 Å². The van der Waals surface area contributed by atoms with Gasteiger partial charge in [0.2, 0.25) is 0 Å². The molecule has 1 aromatic rings. The van der Waals surface area contributed by atoms with Crippen molar-refractivity contribution in [3.8, 4) is 0 Å². The summed E-state index contributed by atoms with van der Waals surface area (Å²) in [6.07, 6.45) is 4.00. The molecule has 0 spiro atoms. The standard InChI is InChI=1S/C11H13ClFN/c12-10-8(4-3-5-9(10)13)11(14)6-1-2-7-11/h3-5H,1-2,6-7,14H2. The summed E-state index contributed by atoms with van der Waals surface area (Å²) in [5, 5.41) is 0.192. The molecule has 0 heterocycles. The highest BCUT2D eigenvalue weighted by Gasteiger charge is 2.33. The zero-order valence-electron chi connectivity index (χ0n) is 7.89. The first-order chi connectivity index (χ1) is 6.63. The SMILES string of the molecule is NC1(c2cccc(F)c2Cl)CCCC1. The summed E-state index contributed by atoms with van der Waals surface area (Å²) in [6.45, 7) is 0. The minimum Gasteiger partial charge on any atom is -0.321 e. The minimum atomic E-state index is -0.404. The molecule has 0 amide bonds. The molecule has 1 saturated carbocycles. The zero-order chi connectivity index (χ0) is 10.2. The van der Waals surface area contributed by atoms with E-state index in [-0.39, 0.29) is 10.8 Å². The van der Waals surface area contributed by atoms with E-state index in [2.05, 4.69) is 0 Å². The lowest BCUT2D eigenvalue weighted by Gasteiger charge is -2.25. The minimum absolute atomic E-state index is 0.192. The normalized spacial score (nSPS) is 19.9. The zero-order valence-corrected chi connectivity index (χ0v) is 8.65. The molecule has 1 nitrogen and oxygen atoms in total. The molecule has 2 rings (SSSR count). The number of nitrogens with two attached hydrogens (primary N) is 1. The van der Waals surface area contributed by atoms with E-state index >= 15 is 0 Å². The summed E-state index contributed by atoms with van der Waals surface area (Å²) in [4.78, 5) is 0. The van der Waals surface area contributed by atoms with Crippen LogP contribution < -0.4 is 5.73 Å². The topological polar surface area (TPSA) is 26.0 Å². The van der Waals surface area contributed by atoms with Crippen molar-refractivity contribution in [3.05, 3.63) is 34.6 Å². The van der Waals surface area contributed by atoms with Crippen LogP contribution >= 0.6 is 11.6 Å². The Morgan fingerprint density at radius 3 is 2.57 bits per heavy atom. The monoisotopic (exact) mass is 213 g/mol. The molecule has 76 valence electrons. The van der Waals surface area contributed by atoms with E-state index in [1.165, 1.54) is 6.07 Å². The molecular weight excluding hydrogens is 201 g/mol. The van der Waals surface area contributed by atoms with Crippen molar-refractivity contribution in [1.29, 1.82) is 0 Å². The number of hydrogen-bond donors (Lipinski definition) is 1. The average Bonchev–Trinajstić information content (AvgIpc) is 2.58. The Balaban J connectivity index is 2.45. The third-order valence-electron chi connectivity index (χ3n) is 2.98. The van der Waals surface area contributed by atoms with Gasteiger partial charge in [-0.25, -0.2) is 4.39 Å². The van der Waals surface area contributed by atoms with Crippen LogP contribution in [0.5, 0.6) is 0 Å². The average molecular weight is 214 g/mol. The third-order valence-corrected chi connectivity index (χ3v) is 3.37. The first-order valence-electron chi connectivity index (χ1n) is 4.87. The van der Waals surface area contributed by atoms with Gasteiger partial charge in [-0.2, -0.15) is 0 Å². The number of rotatable bonds is 1. The van der Waals surface area contributed by atoms with E-state index in [1.807, 2.05) is 6.07 Å². The van der Waals surface area contributed by atoms with Crippen molar-refractivity contribution in [2.45, 2.75) is 31.2 Å². The van der Waals surface area contributed by atoms with Crippen molar-refractivity contribution in [2.75, 3.05) is 0 Å².